The first kappa shape index (κ1) is 8.94. The van der Waals surface area contributed by atoms with E-state index in [9.17, 15) is 0 Å². The Balaban J connectivity index is 3.26. The van der Waals surface area contributed by atoms with Gasteiger partial charge in [-0.15, -0.1) is 19.2 Å². The van der Waals surface area contributed by atoms with Crippen LogP contribution >= 0.6 is 24.8 Å². The van der Waals surface area contributed by atoms with Crippen molar-refractivity contribution in [1.82, 2.24) is 5.32 Å². The topological polar surface area (TPSA) is 32.3 Å². The van der Waals surface area contributed by atoms with Crippen LogP contribution in [0, 0.1) is 0 Å². The molecule has 0 saturated carbocycles. The van der Waals surface area contributed by atoms with E-state index in [2.05, 4.69) is 36.7 Å². The number of nitrogens with one attached hydrogen (secondary N) is 1. The summed E-state index contributed by atoms with van der Waals surface area (Å²) in [5.74, 6) is 0. The van der Waals surface area contributed by atoms with E-state index in [-0.39, 0.29) is 0 Å². The van der Waals surface area contributed by atoms with Gasteiger partial charge < -0.3 is 10.4 Å². The van der Waals surface area contributed by atoms with Gasteiger partial charge in [-0.1, -0.05) is 18.3 Å². The molecule has 0 aliphatic carbocycles. The minimum Gasteiger partial charge on any atom is -0.387 e. The van der Waals surface area contributed by atoms with Gasteiger partial charge in [-0.2, -0.15) is 0 Å². The molecule has 0 aromatic heterocycles. The number of rotatable bonds is 3. The highest BCUT2D eigenvalue weighted by molar-refractivity contribution is 8.11. The fourth-order valence-corrected chi connectivity index (χ4v) is 0.450. The van der Waals surface area contributed by atoms with Gasteiger partial charge in [-0.05, 0) is 0 Å². The first-order valence-electron chi connectivity index (χ1n) is 2.44. The average molecular weight is 163 g/mol. The van der Waals surface area contributed by atoms with Gasteiger partial charge in [-0.3, -0.25) is 0 Å². The van der Waals surface area contributed by atoms with Crippen LogP contribution in [0.5, 0.6) is 0 Å². The molecular formula is C5H9NOS2. The molecule has 0 saturated heterocycles. The molecule has 0 amide bonds. The van der Waals surface area contributed by atoms with Gasteiger partial charge in [0.15, 0.2) is 0 Å². The minimum atomic E-state index is -0.546. The van der Waals surface area contributed by atoms with E-state index in [1.54, 1.807) is 0 Å². The number of hydrogen-bond donors (Lipinski definition) is 3. The smallest absolute Gasteiger partial charge is 0.130 e. The zero-order valence-electron chi connectivity index (χ0n) is 4.87. The van der Waals surface area contributed by atoms with E-state index >= 15 is 0 Å². The summed E-state index contributed by atoms with van der Waals surface area (Å²) in [5.41, 5.74) is 0. The maximum Gasteiger partial charge on any atom is 0.130 e. The van der Waals surface area contributed by atoms with Crippen LogP contribution in [0.25, 0.3) is 0 Å². The monoisotopic (exact) mass is 163 g/mol. The average Bonchev–Trinajstić information content (AvgIpc) is 1.83. The van der Waals surface area contributed by atoms with E-state index in [0.717, 1.165) is 0 Å². The SMILES string of the molecule is C=CC(O)CNC(=S)S. The molecule has 0 bridgehead atoms. The Morgan fingerprint density at radius 2 is 2.56 bits per heavy atom. The highest BCUT2D eigenvalue weighted by Gasteiger charge is 1.95. The van der Waals surface area contributed by atoms with Gasteiger partial charge in [0.1, 0.15) is 4.32 Å². The van der Waals surface area contributed by atoms with Crippen molar-refractivity contribution in [2.45, 2.75) is 6.10 Å². The van der Waals surface area contributed by atoms with Crippen molar-refractivity contribution in [3.05, 3.63) is 12.7 Å². The van der Waals surface area contributed by atoms with Crippen LogP contribution in [0.2, 0.25) is 0 Å². The third kappa shape index (κ3) is 5.82. The lowest BCUT2D eigenvalue weighted by Crippen LogP contribution is -2.26. The molecule has 0 aromatic carbocycles. The lowest BCUT2D eigenvalue weighted by atomic mass is 10.3. The standard InChI is InChI=1S/C5H9NOS2/c1-2-4(7)3-6-5(8)9/h2,4,7H,1,3H2,(H2,6,8,9). The van der Waals surface area contributed by atoms with Crippen molar-refractivity contribution in [3.63, 3.8) is 0 Å². The van der Waals surface area contributed by atoms with Gasteiger partial charge in [-0.25, -0.2) is 0 Å². The fourth-order valence-electron chi connectivity index (χ4n) is 0.275. The Hall–Kier alpha value is -0.0600. The van der Waals surface area contributed by atoms with Crippen LogP contribution < -0.4 is 5.32 Å². The number of hydrogen-bond acceptors (Lipinski definition) is 2. The molecule has 52 valence electrons. The normalized spacial score (nSPS) is 12.2. The summed E-state index contributed by atoms with van der Waals surface area (Å²) >= 11 is 8.36. The molecule has 4 heteroatoms. The molecule has 0 fully saturated rings. The fraction of sp³-hybridized carbons (Fsp3) is 0.400. The molecule has 2 nitrogen and oxygen atoms in total. The molecule has 0 radical (unpaired) electrons. The summed E-state index contributed by atoms with van der Waals surface area (Å²) in [7, 11) is 0. The first-order valence-corrected chi connectivity index (χ1v) is 3.29. The molecule has 0 aliphatic rings. The second-order valence-corrected chi connectivity index (χ2v) is 2.65. The molecular weight excluding hydrogens is 154 g/mol. The van der Waals surface area contributed by atoms with Gasteiger partial charge in [0.2, 0.25) is 0 Å². The van der Waals surface area contributed by atoms with Crippen molar-refractivity contribution >= 4 is 29.2 Å². The number of aliphatic hydroxyl groups excluding tert-OH is 1. The molecule has 2 N–H and O–H groups in total. The Bertz CT molecular complexity index is 116. The van der Waals surface area contributed by atoms with Crippen molar-refractivity contribution in [1.29, 1.82) is 0 Å². The molecule has 0 heterocycles. The number of thiocarbonyl (C=S) groups is 1. The minimum absolute atomic E-state index is 0.381. The van der Waals surface area contributed by atoms with Crippen LogP contribution in [-0.2, 0) is 0 Å². The summed E-state index contributed by atoms with van der Waals surface area (Å²) in [6.07, 6.45) is 0.883. The van der Waals surface area contributed by atoms with Crippen LogP contribution in [-0.4, -0.2) is 22.1 Å². The first-order chi connectivity index (χ1) is 4.16. The van der Waals surface area contributed by atoms with Crippen molar-refractivity contribution < 1.29 is 5.11 Å². The third-order valence-electron chi connectivity index (χ3n) is 0.735. The largest absolute Gasteiger partial charge is 0.387 e. The Labute approximate surface area is 65.4 Å². The lowest BCUT2D eigenvalue weighted by Gasteiger charge is -2.04. The van der Waals surface area contributed by atoms with Gasteiger partial charge in [0, 0.05) is 6.54 Å². The van der Waals surface area contributed by atoms with Crippen LogP contribution in [0.3, 0.4) is 0 Å². The number of aliphatic hydroxyl groups is 1. The van der Waals surface area contributed by atoms with E-state index < -0.39 is 6.10 Å². The molecule has 0 aromatic rings. The summed E-state index contributed by atoms with van der Waals surface area (Å²) in [5, 5.41) is 11.5. The molecule has 9 heavy (non-hydrogen) atoms. The summed E-state index contributed by atoms with van der Waals surface area (Å²) in [6.45, 7) is 3.76. The van der Waals surface area contributed by atoms with Crippen LogP contribution in [0.1, 0.15) is 0 Å². The quantitative estimate of drug-likeness (QED) is 0.319. The maximum absolute atomic E-state index is 8.83. The van der Waals surface area contributed by atoms with Gasteiger partial charge >= 0.3 is 0 Å². The Morgan fingerprint density at radius 3 is 2.89 bits per heavy atom. The summed E-state index contributed by atoms with van der Waals surface area (Å²) in [6, 6.07) is 0. The van der Waals surface area contributed by atoms with E-state index in [0.29, 0.717) is 10.9 Å². The third-order valence-corrected chi connectivity index (χ3v) is 1.04. The molecule has 0 aliphatic heterocycles. The predicted molar refractivity (Wildman–Crippen MR) is 45.8 cm³/mol. The van der Waals surface area contributed by atoms with Crippen molar-refractivity contribution in [2.75, 3.05) is 6.54 Å². The zero-order valence-corrected chi connectivity index (χ0v) is 6.58. The van der Waals surface area contributed by atoms with E-state index in [1.165, 1.54) is 6.08 Å². The van der Waals surface area contributed by atoms with Gasteiger partial charge in [0.05, 0.1) is 6.10 Å². The highest BCUT2D eigenvalue weighted by atomic mass is 32.1. The Morgan fingerprint density at radius 1 is 2.00 bits per heavy atom. The van der Waals surface area contributed by atoms with Crippen LogP contribution in [0.15, 0.2) is 12.7 Å². The molecule has 1 atom stereocenters. The second kappa shape index (κ2) is 4.78. The summed E-state index contributed by atoms with van der Waals surface area (Å²) in [4.78, 5) is 0. The molecule has 0 spiro atoms. The van der Waals surface area contributed by atoms with E-state index in [1.807, 2.05) is 0 Å². The zero-order chi connectivity index (χ0) is 7.28. The van der Waals surface area contributed by atoms with Crippen LogP contribution in [0.4, 0.5) is 0 Å². The molecule has 1 unspecified atom stereocenters. The highest BCUT2D eigenvalue weighted by Crippen LogP contribution is 1.82. The van der Waals surface area contributed by atoms with Gasteiger partial charge in [0.25, 0.3) is 0 Å². The molecule has 0 rings (SSSR count). The van der Waals surface area contributed by atoms with Crippen molar-refractivity contribution in [2.24, 2.45) is 0 Å². The Kier molecular flexibility index (Phi) is 4.75. The maximum atomic E-state index is 8.83. The second-order valence-electron chi connectivity index (χ2n) is 1.49. The van der Waals surface area contributed by atoms with E-state index in [4.69, 9.17) is 5.11 Å². The predicted octanol–water partition coefficient (Wildman–Crippen LogP) is 0.338. The summed E-state index contributed by atoms with van der Waals surface area (Å²) < 4.78 is 0.385. The number of thiol groups is 1. The lowest BCUT2D eigenvalue weighted by molar-refractivity contribution is 0.227. The van der Waals surface area contributed by atoms with Crippen molar-refractivity contribution in [3.8, 4) is 0 Å².